The summed E-state index contributed by atoms with van der Waals surface area (Å²) in [7, 11) is 8.10. The predicted octanol–water partition coefficient (Wildman–Crippen LogP) is 8.62. The van der Waals surface area contributed by atoms with Crippen molar-refractivity contribution in [2.24, 2.45) is 0 Å². The Kier molecular flexibility index (Phi) is 9.13. The molecule has 4 unspecified atom stereocenters. The summed E-state index contributed by atoms with van der Waals surface area (Å²) < 4.78 is 0. The normalized spacial score (nSPS) is 22.9. The van der Waals surface area contributed by atoms with Crippen molar-refractivity contribution in [2.45, 2.75) is 102 Å². The number of fused-ring (bicyclic) bond motifs is 2. The molecule has 0 spiro atoms. The highest BCUT2D eigenvalue weighted by molar-refractivity contribution is 5.96. The van der Waals surface area contributed by atoms with E-state index in [0.29, 0.717) is 0 Å². The molecule has 4 aromatic rings. The number of rotatable bonds is 8. The number of hydrogen-bond donors (Lipinski definition) is 2. The average Bonchev–Trinajstić information content (AvgIpc) is 3.07. The maximum Gasteiger partial charge on any atom is 0.176 e. The summed E-state index contributed by atoms with van der Waals surface area (Å²) in [6, 6.07) is 29.3. The first-order valence-electron chi connectivity index (χ1n) is 18.7. The van der Waals surface area contributed by atoms with Gasteiger partial charge in [-0.15, -0.1) is 0 Å². The maximum atomic E-state index is 15.3. The molecule has 4 atom stereocenters. The van der Waals surface area contributed by atoms with Gasteiger partial charge in [-0.05, 0) is 101 Å². The third-order valence-electron chi connectivity index (χ3n) is 12.3. The summed E-state index contributed by atoms with van der Waals surface area (Å²) in [6.07, 6.45) is 1.64. The van der Waals surface area contributed by atoms with Crippen LogP contribution in [0.2, 0.25) is 0 Å². The minimum atomic E-state index is -0.425. The number of benzene rings is 4. The number of nitrogen functional groups attached to an aromatic ring is 2. The predicted molar refractivity (Wildman–Crippen MR) is 222 cm³/mol. The number of carbonyl (C=O) groups is 1. The van der Waals surface area contributed by atoms with Crippen molar-refractivity contribution in [3.8, 4) is 0 Å². The van der Waals surface area contributed by atoms with Gasteiger partial charge < -0.3 is 31.1 Å². The Morgan fingerprint density at radius 3 is 1.23 bits per heavy atom. The van der Waals surface area contributed by atoms with E-state index < -0.39 is 12.1 Å². The fourth-order valence-corrected chi connectivity index (χ4v) is 10.2. The highest BCUT2D eigenvalue weighted by Gasteiger charge is 2.52. The Bertz CT molecular complexity index is 1830. The molecule has 7 heteroatoms. The Morgan fingerprint density at radius 1 is 0.596 bits per heavy atom. The standard InChI is InChI=1S/C45H60N6O/c1-29(50-37-25-39(48(9)10)35(46)23-33(37)44(7,27-42(50,3)4)31-19-15-13-16-20-31)41(52)30(2)51-38-26-40(49(11)12)36(47)24-34(38)45(8,28-43(51,5)6)32-21-17-14-18-22-32/h13-26,29-30H,27-28,46-47H2,1-12H3. The fraction of sp³-hybridized carbons (Fsp3) is 0.444. The fourth-order valence-electron chi connectivity index (χ4n) is 10.2. The Morgan fingerprint density at radius 2 is 0.923 bits per heavy atom. The minimum Gasteiger partial charge on any atom is -0.397 e. The van der Waals surface area contributed by atoms with E-state index in [-0.39, 0.29) is 27.7 Å². The van der Waals surface area contributed by atoms with Crippen LogP contribution in [0.1, 0.15) is 90.5 Å². The van der Waals surface area contributed by atoms with Crippen LogP contribution in [0.25, 0.3) is 0 Å². The van der Waals surface area contributed by atoms with Gasteiger partial charge in [-0.3, -0.25) is 4.79 Å². The van der Waals surface area contributed by atoms with Crippen LogP contribution in [0.5, 0.6) is 0 Å². The van der Waals surface area contributed by atoms with Gasteiger partial charge >= 0.3 is 0 Å². The van der Waals surface area contributed by atoms with Gasteiger partial charge in [0.2, 0.25) is 0 Å². The van der Waals surface area contributed by atoms with E-state index in [2.05, 4.69) is 160 Å². The van der Waals surface area contributed by atoms with Crippen LogP contribution in [0, 0.1) is 0 Å². The third kappa shape index (κ3) is 5.86. The molecule has 2 aliphatic rings. The van der Waals surface area contributed by atoms with Crippen molar-refractivity contribution >= 4 is 39.9 Å². The summed E-state index contributed by atoms with van der Waals surface area (Å²) >= 11 is 0. The van der Waals surface area contributed by atoms with E-state index in [1.807, 2.05) is 28.2 Å². The molecule has 6 rings (SSSR count). The Labute approximate surface area is 312 Å². The highest BCUT2D eigenvalue weighted by atomic mass is 16.1. The molecule has 52 heavy (non-hydrogen) atoms. The van der Waals surface area contributed by atoms with Crippen molar-refractivity contribution in [1.82, 2.24) is 0 Å². The number of anilines is 6. The molecule has 0 aliphatic carbocycles. The number of Topliss-reactive ketones (excluding diaryl/α,β-unsaturated/α-hetero) is 1. The zero-order valence-corrected chi connectivity index (χ0v) is 33.5. The van der Waals surface area contributed by atoms with E-state index in [1.165, 1.54) is 11.1 Å². The van der Waals surface area contributed by atoms with E-state index in [9.17, 15) is 0 Å². The number of nitrogens with zero attached hydrogens (tertiary/aromatic N) is 4. The van der Waals surface area contributed by atoms with Crippen molar-refractivity contribution in [1.29, 1.82) is 0 Å². The molecule has 0 aromatic heterocycles. The molecule has 0 saturated heterocycles. The van der Waals surface area contributed by atoms with Crippen molar-refractivity contribution < 1.29 is 4.79 Å². The quantitative estimate of drug-likeness (QED) is 0.178. The summed E-state index contributed by atoms with van der Waals surface area (Å²) in [5.74, 6) is 0.177. The van der Waals surface area contributed by atoms with E-state index in [0.717, 1.165) is 58.1 Å². The lowest BCUT2D eigenvalue weighted by Gasteiger charge is -2.57. The van der Waals surface area contributed by atoms with Crippen LogP contribution in [0.3, 0.4) is 0 Å². The number of nitrogens with two attached hydrogens (primary N) is 2. The van der Waals surface area contributed by atoms with Gasteiger partial charge in [0.15, 0.2) is 5.78 Å². The van der Waals surface area contributed by atoms with Crippen LogP contribution in [0.4, 0.5) is 34.1 Å². The van der Waals surface area contributed by atoms with Gasteiger partial charge in [0.05, 0.1) is 34.8 Å². The van der Waals surface area contributed by atoms with Gasteiger partial charge in [-0.25, -0.2) is 0 Å². The molecular formula is C45H60N6O. The molecular weight excluding hydrogens is 641 g/mol. The molecule has 0 radical (unpaired) electrons. The van der Waals surface area contributed by atoms with Crippen molar-refractivity contribution in [2.75, 3.05) is 59.3 Å². The topological polar surface area (TPSA) is 82.1 Å². The highest BCUT2D eigenvalue weighted by Crippen LogP contribution is 2.55. The van der Waals surface area contributed by atoms with Crippen LogP contribution < -0.4 is 31.1 Å². The second kappa shape index (κ2) is 12.8. The average molecular weight is 701 g/mol. The molecule has 7 nitrogen and oxygen atoms in total. The lowest BCUT2D eigenvalue weighted by molar-refractivity contribution is -0.121. The van der Waals surface area contributed by atoms with E-state index in [4.69, 9.17) is 11.5 Å². The first-order valence-corrected chi connectivity index (χ1v) is 18.7. The molecule has 2 aliphatic heterocycles. The molecule has 4 aromatic carbocycles. The van der Waals surface area contributed by atoms with Crippen LogP contribution in [0.15, 0.2) is 84.9 Å². The van der Waals surface area contributed by atoms with Crippen LogP contribution >= 0.6 is 0 Å². The monoisotopic (exact) mass is 700 g/mol. The molecule has 0 bridgehead atoms. The second-order valence-corrected chi connectivity index (χ2v) is 17.5. The number of hydrogen-bond acceptors (Lipinski definition) is 7. The van der Waals surface area contributed by atoms with E-state index >= 15 is 4.79 Å². The molecule has 276 valence electrons. The van der Waals surface area contributed by atoms with Gasteiger partial charge in [-0.2, -0.15) is 0 Å². The first kappa shape index (κ1) is 37.1. The third-order valence-corrected chi connectivity index (χ3v) is 12.3. The Balaban J connectivity index is 1.49. The number of carbonyl (C=O) groups excluding carboxylic acids is 1. The molecule has 0 amide bonds. The first-order chi connectivity index (χ1) is 24.2. The Hall–Kier alpha value is -4.65. The maximum absolute atomic E-state index is 15.3. The van der Waals surface area contributed by atoms with Crippen molar-refractivity contribution in [3.05, 3.63) is 107 Å². The van der Waals surface area contributed by atoms with Gasteiger partial charge in [0.1, 0.15) is 0 Å². The number of ketones is 1. The van der Waals surface area contributed by atoms with Gasteiger partial charge in [0, 0.05) is 61.5 Å². The summed E-state index contributed by atoms with van der Waals surface area (Å²) in [6.45, 7) is 18.0. The van der Waals surface area contributed by atoms with Gasteiger partial charge in [-0.1, -0.05) is 74.5 Å². The van der Waals surface area contributed by atoms with E-state index in [1.54, 1.807) is 0 Å². The van der Waals surface area contributed by atoms with Crippen LogP contribution in [-0.2, 0) is 15.6 Å². The summed E-state index contributed by atoms with van der Waals surface area (Å²) in [4.78, 5) is 24.2. The van der Waals surface area contributed by atoms with Crippen molar-refractivity contribution in [3.63, 3.8) is 0 Å². The molecule has 0 fully saturated rings. The lowest BCUT2D eigenvalue weighted by Crippen LogP contribution is -2.63. The zero-order chi connectivity index (χ0) is 38.1. The lowest BCUT2D eigenvalue weighted by atomic mass is 9.64. The zero-order valence-electron chi connectivity index (χ0n) is 33.5. The molecule has 4 N–H and O–H groups in total. The molecule has 2 heterocycles. The van der Waals surface area contributed by atoms with Gasteiger partial charge in [0.25, 0.3) is 0 Å². The smallest absolute Gasteiger partial charge is 0.176 e. The van der Waals surface area contributed by atoms with Crippen LogP contribution in [-0.4, -0.2) is 57.1 Å². The summed E-state index contributed by atoms with van der Waals surface area (Å²) in [5.41, 5.74) is 22.5. The molecule has 0 saturated carbocycles. The largest absolute Gasteiger partial charge is 0.397 e. The minimum absolute atomic E-state index is 0.177. The summed E-state index contributed by atoms with van der Waals surface area (Å²) in [5, 5.41) is 0. The SMILES string of the molecule is CC(C(=O)C(C)N1c2cc(N(C)C)c(N)cc2C(C)(c2ccccc2)CC1(C)C)N1c2cc(N(C)C)c(N)cc2C(C)(c2ccccc2)CC1(C)C. The second-order valence-electron chi connectivity index (χ2n) is 17.5.